The normalized spacial score (nSPS) is 13.2. The van der Waals surface area contributed by atoms with Gasteiger partial charge < -0.3 is 9.59 Å². The number of halogens is 1. The number of hydrazone groups is 1. The zero-order chi connectivity index (χ0) is 18.4. The van der Waals surface area contributed by atoms with Gasteiger partial charge in [-0.2, -0.15) is 5.10 Å². The molecule has 0 unspecified atom stereocenters. The molecule has 0 atom stereocenters. The minimum absolute atomic E-state index is 0.0557. The molecule has 1 aliphatic heterocycles. The lowest BCUT2D eigenvalue weighted by atomic mass is 9.69. The first-order valence-electron chi connectivity index (χ1n) is 7.91. The summed E-state index contributed by atoms with van der Waals surface area (Å²) in [5.74, 6) is -0.666. The fraction of sp³-hybridized carbons (Fsp3) is 0.0556. The average Bonchev–Trinajstić information content (AvgIpc) is 2.64. The number of rotatable bonds is 1. The largest absolute Gasteiger partial charge is 0.474 e. The van der Waals surface area contributed by atoms with Crippen molar-refractivity contribution in [3.8, 4) is 0 Å². The first-order chi connectivity index (χ1) is 12.5. The predicted octanol–water partition coefficient (Wildman–Crippen LogP) is 1.37. The van der Waals surface area contributed by atoms with Crippen molar-refractivity contribution in [1.82, 2.24) is 9.49 Å². The smallest absolute Gasteiger partial charge is 0.427 e. The molecule has 26 heavy (non-hydrogen) atoms. The summed E-state index contributed by atoms with van der Waals surface area (Å²) in [6.45, 7) is 0. The van der Waals surface area contributed by atoms with Gasteiger partial charge in [-0.05, 0) is 35.3 Å². The maximum Gasteiger partial charge on any atom is 0.474 e. The Morgan fingerprint density at radius 2 is 2.00 bits per heavy atom. The van der Waals surface area contributed by atoms with E-state index in [1.54, 1.807) is 48.0 Å². The van der Waals surface area contributed by atoms with Crippen LogP contribution in [0.2, 0.25) is 5.02 Å². The molecule has 6 nitrogen and oxygen atoms in total. The van der Waals surface area contributed by atoms with Crippen LogP contribution in [0.15, 0.2) is 58.6 Å². The van der Waals surface area contributed by atoms with E-state index >= 15 is 0 Å². The van der Waals surface area contributed by atoms with Crippen LogP contribution in [0.5, 0.6) is 0 Å². The van der Waals surface area contributed by atoms with Gasteiger partial charge in [0.05, 0.1) is 11.7 Å². The van der Waals surface area contributed by atoms with Gasteiger partial charge in [-0.1, -0.05) is 29.8 Å². The lowest BCUT2D eigenvalue weighted by Crippen LogP contribution is -2.53. The van der Waals surface area contributed by atoms with Crippen molar-refractivity contribution in [2.45, 2.75) is 0 Å². The summed E-state index contributed by atoms with van der Waals surface area (Å²) in [5.41, 5.74) is 1.39. The molecule has 0 spiro atoms. The van der Waals surface area contributed by atoms with Gasteiger partial charge in [0.1, 0.15) is 5.56 Å². The number of carbonyl (C=O) groups excluding carboxylic acids is 1. The molecule has 1 aromatic heterocycles. The Hall–Kier alpha value is -2.90. The molecule has 1 N–H and O–H groups in total. The maximum atomic E-state index is 12.9. The second-order valence-electron chi connectivity index (χ2n) is 6.04. The molecule has 0 saturated heterocycles. The molecule has 2 heterocycles. The van der Waals surface area contributed by atoms with E-state index in [2.05, 4.69) is 5.10 Å². The minimum Gasteiger partial charge on any atom is -0.427 e. The molecule has 2 aromatic carbocycles. The van der Waals surface area contributed by atoms with Gasteiger partial charge in [-0.15, -0.1) is 0 Å². The summed E-state index contributed by atoms with van der Waals surface area (Å²) in [6, 6.07) is 11.9. The first kappa shape index (κ1) is 16.6. The van der Waals surface area contributed by atoms with Crippen LogP contribution in [0.25, 0.3) is 10.9 Å². The van der Waals surface area contributed by atoms with Crippen LogP contribution in [0.3, 0.4) is 0 Å². The van der Waals surface area contributed by atoms with E-state index in [1.165, 1.54) is 12.4 Å². The zero-order valence-electron chi connectivity index (χ0n) is 13.8. The fourth-order valence-electron chi connectivity index (χ4n) is 3.09. The standard InChI is InChI=1S/C18H13BClN3O3/c1-22-10-14(17(24)13-4-2-3-5-16(13)22)18(25)23-19(26)15-7-6-12(20)8-11(15)9-21-23/h2-10,26H,1H3. The average molecular weight is 366 g/mol. The monoisotopic (exact) mass is 365 g/mol. The summed E-state index contributed by atoms with van der Waals surface area (Å²) >= 11 is 5.94. The van der Waals surface area contributed by atoms with Gasteiger partial charge in [0.2, 0.25) is 5.43 Å². The second-order valence-corrected chi connectivity index (χ2v) is 6.48. The summed E-state index contributed by atoms with van der Waals surface area (Å²) in [4.78, 5) is 26.6. The topological polar surface area (TPSA) is 74.9 Å². The van der Waals surface area contributed by atoms with Crippen molar-refractivity contribution >= 4 is 47.1 Å². The predicted molar refractivity (Wildman–Crippen MR) is 102 cm³/mol. The molecule has 3 aromatic rings. The highest BCUT2D eigenvalue weighted by atomic mass is 35.5. The van der Waals surface area contributed by atoms with Gasteiger partial charge >= 0.3 is 7.05 Å². The third-order valence-corrected chi connectivity index (χ3v) is 4.65. The summed E-state index contributed by atoms with van der Waals surface area (Å²) < 4.78 is 1.71. The molecule has 0 aliphatic carbocycles. The van der Waals surface area contributed by atoms with E-state index < -0.39 is 18.4 Å². The molecule has 4 rings (SSSR count). The first-order valence-corrected chi connectivity index (χ1v) is 8.28. The van der Waals surface area contributed by atoms with E-state index in [-0.39, 0.29) is 5.56 Å². The molecule has 0 radical (unpaired) electrons. The molecule has 0 bridgehead atoms. The van der Waals surface area contributed by atoms with E-state index in [1.807, 2.05) is 6.07 Å². The van der Waals surface area contributed by atoms with Crippen LogP contribution in [-0.2, 0) is 7.05 Å². The highest BCUT2D eigenvalue weighted by Crippen LogP contribution is 2.16. The van der Waals surface area contributed by atoms with Gasteiger partial charge in [-0.25, -0.2) is 4.92 Å². The number of para-hydroxylation sites is 1. The SMILES string of the molecule is Cn1cc(C(=O)N2N=Cc3cc(Cl)ccc3B2O)c(=O)c2ccccc21. The van der Waals surface area contributed by atoms with E-state index in [4.69, 9.17) is 11.6 Å². The number of amides is 1. The fourth-order valence-corrected chi connectivity index (χ4v) is 3.27. The quantitative estimate of drug-likeness (QED) is 0.662. The number of nitrogens with zero attached hydrogens (tertiary/aromatic N) is 3. The molecule has 1 aliphatic rings. The van der Waals surface area contributed by atoms with Crippen LogP contribution in [-0.4, -0.2) is 33.7 Å². The Kier molecular flexibility index (Phi) is 3.90. The lowest BCUT2D eigenvalue weighted by molar-refractivity contribution is 0.0844. The summed E-state index contributed by atoms with van der Waals surface area (Å²) in [7, 11) is 0.460. The Labute approximate surface area is 154 Å². The molecule has 128 valence electrons. The number of benzene rings is 2. The third-order valence-electron chi connectivity index (χ3n) is 4.41. The Morgan fingerprint density at radius 1 is 1.23 bits per heavy atom. The lowest BCUT2D eigenvalue weighted by Gasteiger charge is -2.25. The van der Waals surface area contributed by atoms with Crippen LogP contribution >= 0.6 is 11.6 Å². The van der Waals surface area contributed by atoms with E-state index in [9.17, 15) is 14.6 Å². The Balaban J connectivity index is 1.80. The number of pyridine rings is 1. The Morgan fingerprint density at radius 3 is 2.81 bits per heavy atom. The highest BCUT2D eigenvalue weighted by Gasteiger charge is 2.35. The van der Waals surface area contributed by atoms with E-state index in [0.29, 0.717) is 21.4 Å². The van der Waals surface area contributed by atoms with Crippen molar-refractivity contribution in [1.29, 1.82) is 0 Å². The second kappa shape index (κ2) is 6.12. The summed E-state index contributed by atoms with van der Waals surface area (Å²) in [5, 5.41) is 15.5. The Bertz CT molecular complexity index is 1140. The maximum absolute atomic E-state index is 12.9. The molecule has 8 heteroatoms. The number of carbonyl (C=O) groups is 1. The van der Waals surface area contributed by atoms with Gasteiger partial charge in [0, 0.05) is 23.7 Å². The number of hydrogen-bond donors (Lipinski definition) is 1. The van der Waals surface area contributed by atoms with Crippen molar-refractivity contribution in [3.63, 3.8) is 0 Å². The highest BCUT2D eigenvalue weighted by molar-refractivity contribution is 6.68. The van der Waals surface area contributed by atoms with Crippen LogP contribution < -0.4 is 10.9 Å². The van der Waals surface area contributed by atoms with Crippen LogP contribution in [0.4, 0.5) is 0 Å². The third kappa shape index (κ3) is 2.53. The number of hydrogen-bond acceptors (Lipinski definition) is 4. The van der Waals surface area contributed by atoms with Crippen LogP contribution in [0, 0.1) is 0 Å². The van der Waals surface area contributed by atoms with Crippen molar-refractivity contribution in [2.75, 3.05) is 0 Å². The number of aromatic nitrogens is 1. The van der Waals surface area contributed by atoms with Crippen LogP contribution in [0.1, 0.15) is 15.9 Å². The van der Waals surface area contributed by atoms with Gasteiger partial charge in [-0.3, -0.25) is 9.59 Å². The van der Waals surface area contributed by atoms with Crippen molar-refractivity contribution in [2.24, 2.45) is 12.1 Å². The van der Waals surface area contributed by atoms with Gasteiger partial charge in [0.25, 0.3) is 5.91 Å². The van der Waals surface area contributed by atoms with E-state index in [0.717, 1.165) is 10.4 Å². The molecular weight excluding hydrogens is 352 g/mol. The van der Waals surface area contributed by atoms with Gasteiger partial charge in [0.15, 0.2) is 0 Å². The molecule has 1 amide bonds. The minimum atomic E-state index is -1.30. The number of aryl methyl sites for hydroxylation is 1. The molecular formula is C18H13BClN3O3. The molecule has 0 saturated carbocycles. The van der Waals surface area contributed by atoms with Crippen molar-refractivity contribution < 1.29 is 9.82 Å². The molecule has 0 fully saturated rings. The number of fused-ring (bicyclic) bond motifs is 2. The zero-order valence-corrected chi connectivity index (χ0v) is 14.5. The van der Waals surface area contributed by atoms with Crippen molar-refractivity contribution in [3.05, 3.63) is 75.0 Å². The summed E-state index contributed by atoms with van der Waals surface area (Å²) in [6.07, 6.45) is 2.91.